The highest BCUT2D eigenvalue weighted by molar-refractivity contribution is 5.77. The molecule has 0 radical (unpaired) electrons. The van der Waals surface area contributed by atoms with Crippen molar-refractivity contribution in [2.75, 3.05) is 20.1 Å². The number of carbonyl (C=O) groups excluding carboxylic acids is 1. The van der Waals surface area contributed by atoms with Crippen molar-refractivity contribution >= 4 is 5.91 Å². The van der Waals surface area contributed by atoms with E-state index in [4.69, 9.17) is 0 Å². The van der Waals surface area contributed by atoms with Gasteiger partial charge in [0.25, 0.3) is 0 Å². The van der Waals surface area contributed by atoms with Crippen LogP contribution in [0, 0.1) is 5.92 Å². The highest BCUT2D eigenvalue weighted by Crippen LogP contribution is 2.25. The fourth-order valence-corrected chi connectivity index (χ4v) is 3.15. The standard InChI is InChI=1S/C15H26N2O/c1-16-10-9-14-8-4-5-11-17(14)15(18)12-13-6-2-3-7-13/h2,6,13-14,16H,3-5,7-12H2,1H3. The maximum atomic E-state index is 12.4. The van der Waals surface area contributed by atoms with Crippen molar-refractivity contribution in [1.29, 1.82) is 0 Å². The monoisotopic (exact) mass is 250 g/mol. The van der Waals surface area contributed by atoms with Crippen molar-refractivity contribution in [3.05, 3.63) is 12.2 Å². The first-order chi connectivity index (χ1) is 8.81. The summed E-state index contributed by atoms with van der Waals surface area (Å²) in [7, 11) is 1.98. The van der Waals surface area contributed by atoms with Gasteiger partial charge in [0.1, 0.15) is 0 Å². The van der Waals surface area contributed by atoms with Crippen LogP contribution < -0.4 is 5.32 Å². The van der Waals surface area contributed by atoms with E-state index in [1.54, 1.807) is 0 Å². The first-order valence-electron chi connectivity index (χ1n) is 7.42. The third kappa shape index (κ3) is 3.58. The third-order valence-electron chi connectivity index (χ3n) is 4.22. The fourth-order valence-electron chi connectivity index (χ4n) is 3.15. The molecule has 2 aliphatic rings. The zero-order valence-corrected chi connectivity index (χ0v) is 11.5. The second-order valence-corrected chi connectivity index (χ2v) is 5.60. The molecule has 2 atom stereocenters. The van der Waals surface area contributed by atoms with E-state index in [1.807, 2.05) is 7.05 Å². The van der Waals surface area contributed by atoms with Crippen LogP contribution in [0.4, 0.5) is 0 Å². The van der Waals surface area contributed by atoms with Gasteiger partial charge in [-0.15, -0.1) is 0 Å². The minimum atomic E-state index is 0.382. The third-order valence-corrected chi connectivity index (χ3v) is 4.22. The van der Waals surface area contributed by atoms with E-state index < -0.39 is 0 Å². The normalized spacial score (nSPS) is 27.7. The van der Waals surface area contributed by atoms with E-state index >= 15 is 0 Å². The summed E-state index contributed by atoms with van der Waals surface area (Å²) in [6.07, 6.45) is 12.2. The van der Waals surface area contributed by atoms with Crippen molar-refractivity contribution in [2.24, 2.45) is 5.92 Å². The van der Waals surface area contributed by atoms with E-state index in [0.29, 0.717) is 17.9 Å². The van der Waals surface area contributed by atoms with Crippen molar-refractivity contribution < 1.29 is 4.79 Å². The van der Waals surface area contributed by atoms with E-state index in [1.165, 1.54) is 25.7 Å². The Hall–Kier alpha value is -0.830. The molecule has 2 rings (SSSR count). The summed E-state index contributed by atoms with van der Waals surface area (Å²) < 4.78 is 0. The minimum Gasteiger partial charge on any atom is -0.340 e. The van der Waals surface area contributed by atoms with Gasteiger partial charge in [-0.3, -0.25) is 4.79 Å². The van der Waals surface area contributed by atoms with Crippen LogP contribution in [-0.2, 0) is 4.79 Å². The number of piperidine rings is 1. The molecule has 0 spiro atoms. The Kier molecular flexibility index (Phi) is 5.24. The number of allylic oxidation sites excluding steroid dienone is 2. The Balaban J connectivity index is 1.86. The molecule has 0 bridgehead atoms. The molecule has 1 fully saturated rings. The number of nitrogens with one attached hydrogen (secondary N) is 1. The van der Waals surface area contributed by atoms with Gasteiger partial charge in [-0.05, 0) is 58.0 Å². The summed E-state index contributed by atoms with van der Waals surface area (Å²) >= 11 is 0. The second-order valence-electron chi connectivity index (χ2n) is 5.60. The summed E-state index contributed by atoms with van der Waals surface area (Å²) in [5.41, 5.74) is 0. The maximum absolute atomic E-state index is 12.4. The number of hydrogen-bond acceptors (Lipinski definition) is 2. The second kappa shape index (κ2) is 6.93. The molecule has 0 aromatic rings. The fraction of sp³-hybridized carbons (Fsp3) is 0.800. The van der Waals surface area contributed by atoms with Crippen LogP contribution in [0.2, 0.25) is 0 Å². The lowest BCUT2D eigenvalue weighted by Gasteiger charge is -2.36. The lowest BCUT2D eigenvalue weighted by Crippen LogP contribution is -2.45. The van der Waals surface area contributed by atoms with Gasteiger partial charge >= 0.3 is 0 Å². The smallest absolute Gasteiger partial charge is 0.223 e. The Morgan fingerprint density at radius 3 is 3.00 bits per heavy atom. The Morgan fingerprint density at radius 2 is 2.28 bits per heavy atom. The first-order valence-corrected chi connectivity index (χ1v) is 7.42. The summed E-state index contributed by atoms with van der Waals surface area (Å²) in [6, 6.07) is 0.476. The topological polar surface area (TPSA) is 32.3 Å². The lowest BCUT2D eigenvalue weighted by atomic mass is 9.97. The zero-order chi connectivity index (χ0) is 12.8. The highest BCUT2D eigenvalue weighted by atomic mass is 16.2. The van der Waals surface area contributed by atoms with Gasteiger partial charge in [0.05, 0.1) is 0 Å². The number of rotatable bonds is 5. The van der Waals surface area contributed by atoms with Crippen LogP contribution in [0.15, 0.2) is 12.2 Å². The van der Waals surface area contributed by atoms with E-state index in [9.17, 15) is 4.79 Å². The molecule has 3 heteroatoms. The SMILES string of the molecule is CNCCC1CCCCN1C(=O)CC1C=CCC1. The Labute approximate surface area is 111 Å². The summed E-state index contributed by atoms with van der Waals surface area (Å²) in [5.74, 6) is 0.886. The predicted octanol–water partition coefficient (Wildman–Crippen LogP) is 2.33. The van der Waals surface area contributed by atoms with Crippen molar-refractivity contribution in [3.8, 4) is 0 Å². The van der Waals surface area contributed by atoms with Gasteiger partial charge in [-0.25, -0.2) is 0 Å². The van der Waals surface area contributed by atoms with Crippen LogP contribution in [0.25, 0.3) is 0 Å². The van der Waals surface area contributed by atoms with Crippen molar-refractivity contribution in [1.82, 2.24) is 10.2 Å². The molecule has 3 nitrogen and oxygen atoms in total. The molecule has 1 saturated heterocycles. The lowest BCUT2D eigenvalue weighted by molar-refractivity contribution is -0.135. The van der Waals surface area contributed by atoms with Crippen molar-refractivity contribution in [3.63, 3.8) is 0 Å². The number of hydrogen-bond donors (Lipinski definition) is 1. The van der Waals surface area contributed by atoms with Crippen LogP contribution in [0.3, 0.4) is 0 Å². The minimum absolute atomic E-state index is 0.382. The molecule has 0 saturated carbocycles. The average Bonchev–Trinajstić information content (AvgIpc) is 2.89. The number of amides is 1. The van der Waals surface area contributed by atoms with Gasteiger partial charge in [-0.2, -0.15) is 0 Å². The molecule has 1 amide bonds. The zero-order valence-electron chi connectivity index (χ0n) is 11.5. The van der Waals surface area contributed by atoms with Crippen LogP contribution in [0.5, 0.6) is 0 Å². The molecule has 1 N–H and O–H groups in total. The van der Waals surface area contributed by atoms with Crippen molar-refractivity contribution in [2.45, 2.75) is 51.0 Å². The molecule has 102 valence electrons. The molecule has 0 aromatic heterocycles. The molecule has 0 aromatic carbocycles. The number of nitrogens with zero attached hydrogens (tertiary/aromatic N) is 1. The first kappa shape index (κ1) is 13.6. The molecular formula is C15H26N2O. The van der Waals surface area contributed by atoms with Gasteiger partial charge in [0.2, 0.25) is 5.91 Å². The van der Waals surface area contributed by atoms with Gasteiger partial charge in [-0.1, -0.05) is 12.2 Å². The van der Waals surface area contributed by atoms with E-state index in [2.05, 4.69) is 22.4 Å². The van der Waals surface area contributed by atoms with E-state index in [-0.39, 0.29) is 0 Å². The molecule has 1 aliphatic carbocycles. The maximum Gasteiger partial charge on any atom is 0.223 e. The largest absolute Gasteiger partial charge is 0.340 e. The van der Waals surface area contributed by atoms with Gasteiger partial charge in [0.15, 0.2) is 0 Å². The number of carbonyl (C=O) groups is 1. The average molecular weight is 250 g/mol. The van der Waals surface area contributed by atoms with Gasteiger partial charge in [0, 0.05) is 19.0 Å². The van der Waals surface area contributed by atoms with Gasteiger partial charge < -0.3 is 10.2 Å². The quantitative estimate of drug-likeness (QED) is 0.760. The highest BCUT2D eigenvalue weighted by Gasteiger charge is 2.27. The Morgan fingerprint density at radius 1 is 1.39 bits per heavy atom. The molecule has 1 aliphatic heterocycles. The molecule has 1 heterocycles. The summed E-state index contributed by atoms with van der Waals surface area (Å²) in [4.78, 5) is 14.6. The van der Waals surface area contributed by atoms with Crippen LogP contribution in [0.1, 0.15) is 44.9 Å². The summed E-state index contributed by atoms with van der Waals surface area (Å²) in [5, 5.41) is 3.20. The molecular weight excluding hydrogens is 224 g/mol. The van der Waals surface area contributed by atoms with E-state index in [0.717, 1.165) is 32.4 Å². The molecule has 18 heavy (non-hydrogen) atoms. The molecule has 2 unspecified atom stereocenters. The van der Waals surface area contributed by atoms with Crippen LogP contribution in [-0.4, -0.2) is 37.0 Å². The Bertz CT molecular complexity index is 301. The van der Waals surface area contributed by atoms with Crippen LogP contribution >= 0.6 is 0 Å². The predicted molar refractivity (Wildman–Crippen MR) is 74.4 cm³/mol. The number of likely N-dealkylation sites (tertiary alicyclic amines) is 1. The summed E-state index contributed by atoms with van der Waals surface area (Å²) in [6.45, 7) is 1.99.